The Hall–Kier alpha value is -4.44. The molecule has 0 spiro atoms. The Bertz CT molecular complexity index is 1410. The van der Waals surface area contributed by atoms with Crippen molar-refractivity contribution in [1.82, 2.24) is 0 Å². The van der Waals surface area contributed by atoms with Gasteiger partial charge in [-0.25, -0.2) is 9.98 Å². The largest absolute Gasteiger partial charge is 0.295 e. The molecule has 0 aliphatic carbocycles. The molecule has 0 fully saturated rings. The molecule has 0 aromatic heterocycles. The third kappa shape index (κ3) is 5.76. The summed E-state index contributed by atoms with van der Waals surface area (Å²) in [6.45, 7) is 11.3. The Kier molecular flexibility index (Phi) is 7.92. The summed E-state index contributed by atoms with van der Waals surface area (Å²) in [7, 11) is 0. The monoisotopic (exact) mass is 500 g/mol. The van der Waals surface area contributed by atoms with Crippen LogP contribution in [0.5, 0.6) is 0 Å². The number of benzene rings is 4. The predicted molar refractivity (Wildman–Crippen MR) is 157 cm³/mol. The van der Waals surface area contributed by atoms with Crippen LogP contribution >= 0.6 is 0 Å². The van der Waals surface area contributed by atoms with Crippen LogP contribution in [-0.2, 0) is 0 Å². The van der Waals surface area contributed by atoms with Crippen molar-refractivity contribution >= 4 is 34.4 Å². The molecular weight excluding hydrogens is 468 g/mol. The van der Waals surface area contributed by atoms with Crippen molar-refractivity contribution in [1.29, 1.82) is 0 Å². The molecule has 4 nitrogen and oxygen atoms in total. The number of aliphatic imine (C=N–C) groups is 2. The lowest BCUT2D eigenvalue weighted by molar-refractivity contribution is 0.100. The highest BCUT2D eigenvalue weighted by Crippen LogP contribution is 2.29. The van der Waals surface area contributed by atoms with Gasteiger partial charge in [-0.05, 0) is 63.8 Å². The van der Waals surface area contributed by atoms with Crippen LogP contribution in [0.15, 0.2) is 94.9 Å². The van der Waals surface area contributed by atoms with Gasteiger partial charge < -0.3 is 0 Å². The number of hydrogen-bond acceptors (Lipinski definition) is 4. The van der Waals surface area contributed by atoms with E-state index in [-0.39, 0.29) is 11.6 Å². The molecule has 0 heterocycles. The molecule has 0 bridgehead atoms. The summed E-state index contributed by atoms with van der Waals surface area (Å²) < 4.78 is 0. The molecule has 0 aliphatic rings. The van der Waals surface area contributed by atoms with Crippen molar-refractivity contribution in [3.63, 3.8) is 0 Å². The molecule has 4 heteroatoms. The van der Waals surface area contributed by atoms with Gasteiger partial charge >= 0.3 is 0 Å². The van der Waals surface area contributed by atoms with E-state index >= 15 is 0 Å². The van der Waals surface area contributed by atoms with Gasteiger partial charge in [-0.3, -0.25) is 9.59 Å². The lowest BCUT2D eigenvalue weighted by Gasteiger charge is -2.16. The third-order valence-corrected chi connectivity index (χ3v) is 6.68. The first-order chi connectivity index (χ1) is 18.2. The van der Waals surface area contributed by atoms with Gasteiger partial charge in [-0.15, -0.1) is 0 Å². The number of rotatable bonds is 7. The van der Waals surface area contributed by atoms with E-state index < -0.39 is 0 Å². The lowest BCUT2D eigenvalue weighted by Crippen LogP contribution is -2.18. The first-order valence-corrected chi connectivity index (χ1v) is 12.7. The molecule has 4 aromatic rings. The average Bonchev–Trinajstić information content (AvgIpc) is 2.89. The maximum atomic E-state index is 12.0. The lowest BCUT2D eigenvalue weighted by atomic mass is 9.96. The minimum Gasteiger partial charge on any atom is -0.295 e. The van der Waals surface area contributed by atoms with Crippen molar-refractivity contribution in [2.75, 3.05) is 0 Å². The van der Waals surface area contributed by atoms with E-state index in [2.05, 4.69) is 0 Å². The van der Waals surface area contributed by atoms with Gasteiger partial charge in [0.1, 0.15) is 0 Å². The first-order valence-electron chi connectivity index (χ1n) is 12.7. The van der Waals surface area contributed by atoms with Gasteiger partial charge in [0.2, 0.25) is 0 Å². The van der Waals surface area contributed by atoms with Crippen LogP contribution in [-0.4, -0.2) is 23.0 Å². The molecular formula is C34H32N2O2. The topological polar surface area (TPSA) is 58.9 Å². The smallest absolute Gasteiger partial charge is 0.159 e. The second kappa shape index (κ2) is 11.3. The SMILES string of the molecule is CC(=O)c1ccc(C(=Nc2c(C)cccc2C)C(=Nc2c(C)cccc2C)c2ccc(C(C)=O)cc2)cc1. The molecule has 38 heavy (non-hydrogen) atoms. The maximum Gasteiger partial charge on any atom is 0.159 e. The van der Waals surface area contributed by atoms with Gasteiger partial charge in [0.15, 0.2) is 11.6 Å². The van der Waals surface area contributed by atoms with E-state index in [9.17, 15) is 9.59 Å². The van der Waals surface area contributed by atoms with Crippen molar-refractivity contribution in [2.24, 2.45) is 9.98 Å². The minimum absolute atomic E-state index is 0.00837. The molecule has 0 saturated heterocycles. The van der Waals surface area contributed by atoms with Crippen LogP contribution in [0.2, 0.25) is 0 Å². The molecule has 0 radical (unpaired) electrons. The van der Waals surface area contributed by atoms with Crippen LogP contribution in [0.1, 0.15) is 67.9 Å². The number of aryl methyl sites for hydroxylation is 4. The quantitative estimate of drug-likeness (QED) is 0.189. The van der Waals surface area contributed by atoms with Crippen LogP contribution in [0.4, 0.5) is 11.4 Å². The average molecular weight is 501 g/mol. The van der Waals surface area contributed by atoms with E-state index in [0.29, 0.717) is 22.6 Å². The van der Waals surface area contributed by atoms with Crippen molar-refractivity contribution < 1.29 is 9.59 Å². The van der Waals surface area contributed by atoms with Crippen molar-refractivity contribution in [3.05, 3.63) is 129 Å². The number of ketones is 2. The summed E-state index contributed by atoms with van der Waals surface area (Å²) >= 11 is 0. The number of Topliss-reactive ketones (excluding diaryl/α,β-unsaturated/α-hetero) is 2. The zero-order chi connectivity index (χ0) is 27.4. The summed E-state index contributed by atoms with van der Waals surface area (Å²) in [5, 5.41) is 0. The standard InChI is InChI=1S/C34H32N2O2/c1-21-9-7-10-22(2)31(21)35-33(29-17-13-27(14-18-29)25(5)37)34(30-19-15-28(16-20-30)26(6)38)36-32-23(3)11-8-12-24(32)4/h7-20H,1-6H3. The van der Waals surface area contributed by atoms with Gasteiger partial charge in [-0.1, -0.05) is 84.9 Å². The van der Waals surface area contributed by atoms with E-state index in [4.69, 9.17) is 9.98 Å². The van der Waals surface area contributed by atoms with Crippen LogP contribution < -0.4 is 0 Å². The van der Waals surface area contributed by atoms with E-state index in [1.54, 1.807) is 13.8 Å². The molecule has 0 unspecified atom stereocenters. The molecule has 0 aliphatic heterocycles. The molecule has 4 aromatic carbocycles. The van der Waals surface area contributed by atoms with Crippen LogP contribution in [0.25, 0.3) is 0 Å². The first kappa shape index (κ1) is 26.6. The van der Waals surface area contributed by atoms with Crippen molar-refractivity contribution in [3.8, 4) is 0 Å². The fourth-order valence-electron chi connectivity index (χ4n) is 4.42. The third-order valence-electron chi connectivity index (χ3n) is 6.68. The summed E-state index contributed by atoms with van der Waals surface area (Å²) in [4.78, 5) is 34.4. The highest BCUT2D eigenvalue weighted by atomic mass is 16.1. The molecule has 190 valence electrons. The van der Waals surface area contributed by atoms with Crippen molar-refractivity contribution in [2.45, 2.75) is 41.5 Å². The molecule has 0 saturated carbocycles. The van der Waals surface area contributed by atoms with E-state index in [0.717, 1.165) is 44.8 Å². The molecule has 0 N–H and O–H groups in total. The zero-order valence-electron chi connectivity index (χ0n) is 22.8. The number of hydrogen-bond donors (Lipinski definition) is 0. The molecule has 4 rings (SSSR count). The maximum absolute atomic E-state index is 12.0. The summed E-state index contributed by atoms with van der Waals surface area (Å²) in [5.74, 6) is 0.0167. The minimum atomic E-state index is 0.00837. The van der Waals surface area contributed by atoms with Gasteiger partial charge in [0.25, 0.3) is 0 Å². The van der Waals surface area contributed by atoms with Crippen LogP contribution in [0, 0.1) is 27.7 Å². The Labute approximate surface area is 224 Å². The number of para-hydroxylation sites is 2. The van der Waals surface area contributed by atoms with E-state index in [1.807, 2.05) is 113 Å². The van der Waals surface area contributed by atoms with Gasteiger partial charge in [-0.2, -0.15) is 0 Å². The Balaban J connectivity index is 2.06. The van der Waals surface area contributed by atoms with Gasteiger partial charge in [0.05, 0.1) is 22.8 Å². The summed E-state index contributed by atoms with van der Waals surface area (Å²) in [6, 6.07) is 27.2. The Morgan fingerprint density at radius 2 is 0.711 bits per heavy atom. The Morgan fingerprint density at radius 1 is 0.447 bits per heavy atom. The number of carbonyl (C=O) groups excluding carboxylic acids is 2. The predicted octanol–water partition coefficient (Wildman–Crippen LogP) is 8.27. The zero-order valence-corrected chi connectivity index (χ0v) is 22.8. The molecule has 0 amide bonds. The highest BCUT2D eigenvalue weighted by molar-refractivity contribution is 6.54. The number of nitrogens with zero attached hydrogens (tertiary/aromatic N) is 2. The summed E-state index contributed by atoms with van der Waals surface area (Å²) in [5.41, 5.74) is 10.3. The molecule has 0 atom stereocenters. The highest BCUT2D eigenvalue weighted by Gasteiger charge is 2.18. The second-order valence-electron chi connectivity index (χ2n) is 9.67. The number of carbonyl (C=O) groups is 2. The van der Waals surface area contributed by atoms with Gasteiger partial charge in [0, 0.05) is 22.3 Å². The van der Waals surface area contributed by atoms with E-state index in [1.165, 1.54) is 0 Å². The van der Waals surface area contributed by atoms with Crippen LogP contribution in [0.3, 0.4) is 0 Å². The summed E-state index contributed by atoms with van der Waals surface area (Å²) in [6.07, 6.45) is 0. The fourth-order valence-corrected chi connectivity index (χ4v) is 4.42. The Morgan fingerprint density at radius 3 is 0.974 bits per heavy atom. The fraction of sp³-hybridized carbons (Fsp3) is 0.176. The normalized spacial score (nSPS) is 11.9. The second-order valence-corrected chi connectivity index (χ2v) is 9.67.